The third-order valence-corrected chi connectivity index (χ3v) is 5.05. The fourth-order valence-electron chi connectivity index (χ4n) is 3.36. The van der Waals surface area contributed by atoms with Crippen LogP contribution < -0.4 is 5.32 Å². The van der Waals surface area contributed by atoms with Crippen LogP contribution in [-0.2, 0) is 9.53 Å². The molecule has 1 amide bonds. The van der Waals surface area contributed by atoms with E-state index in [4.69, 9.17) is 4.74 Å². The van der Waals surface area contributed by atoms with Gasteiger partial charge >= 0.3 is 0 Å². The summed E-state index contributed by atoms with van der Waals surface area (Å²) >= 11 is 0. The maximum Gasteiger partial charge on any atom is 0.223 e. The third-order valence-electron chi connectivity index (χ3n) is 5.05. The molecule has 3 nitrogen and oxygen atoms in total. The predicted molar refractivity (Wildman–Crippen MR) is 65.5 cm³/mol. The fraction of sp³-hybridized carbons (Fsp3) is 0.929. The van der Waals surface area contributed by atoms with E-state index >= 15 is 0 Å². The number of carbonyl (C=O) groups is 1. The lowest BCUT2D eigenvalue weighted by atomic mass is 10.00. The summed E-state index contributed by atoms with van der Waals surface area (Å²) in [6.07, 6.45) is 7.31. The zero-order valence-electron chi connectivity index (χ0n) is 10.7. The highest BCUT2D eigenvalue weighted by molar-refractivity contribution is 5.79. The van der Waals surface area contributed by atoms with Crippen molar-refractivity contribution in [2.45, 2.75) is 38.5 Å². The molecular formula is C14H23NO2. The Morgan fingerprint density at radius 3 is 2.59 bits per heavy atom. The zero-order valence-corrected chi connectivity index (χ0v) is 10.7. The van der Waals surface area contributed by atoms with Crippen LogP contribution in [0.4, 0.5) is 0 Å². The van der Waals surface area contributed by atoms with E-state index < -0.39 is 0 Å². The Kier molecular flexibility index (Phi) is 2.89. The maximum atomic E-state index is 12.0. The van der Waals surface area contributed by atoms with E-state index in [9.17, 15) is 4.79 Å². The van der Waals surface area contributed by atoms with Crippen LogP contribution in [0.1, 0.15) is 38.5 Å². The molecule has 1 N–H and O–H groups in total. The van der Waals surface area contributed by atoms with Gasteiger partial charge < -0.3 is 10.1 Å². The largest absolute Gasteiger partial charge is 0.385 e. The van der Waals surface area contributed by atoms with Gasteiger partial charge in [0.2, 0.25) is 5.91 Å². The minimum Gasteiger partial charge on any atom is -0.385 e. The van der Waals surface area contributed by atoms with Gasteiger partial charge in [-0.25, -0.2) is 0 Å². The second kappa shape index (κ2) is 4.27. The topological polar surface area (TPSA) is 38.3 Å². The Morgan fingerprint density at radius 2 is 2.00 bits per heavy atom. The first-order chi connectivity index (χ1) is 8.22. The number of nitrogens with one attached hydrogen (secondary N) is 1. The average Bonchev–Trinajstić information content (AvgIpc) is 3.24. The molecule has 2 atom stereocenters. The van der Waals surface area contributed by atoms with E-state index in [1.807, 2.05) is 0 Å². The first kappa shape index (κ1) is 11.5. The number of amides is 1. The van der Waals surface area contributed by atoms with Crippen LogP contribution in [0.15, 0.2) is 0 Å². The molecule has 3 rings (SSSR count). The molecule has 0 radical (unpaired) electrons. The molecular weight excluding hydrogens is 214 g/mol. The van der Waals surface area contributed by atoms with Gasteiger partial charge in [0.25, 0.3) is 0 Å². The number of ether oxygens (including phenoxy) is 1. The van der Waals surface area contributed by atoms with Crippen molar-refractivity contribution in [2.24, 2.45) is 23.2 Å². The van der Waals surface area contributed by atoms with E-state index in [0.717, 1.165) is 44.2 Å². The van der Waals surface area contributed by atoms with E-state index in [2.05, 4.69) is 5.32 Å². The highest BCUT2D eigenvalue weighted by Crippen LogP contribution is 2.54. The molecule has 0 heterocycles. The molecule has 3 heteroatoms. The molecule has 3 fully saturated rings. The minimum atomic E-state index is 0.320. The smallest absolute Gasteiger partial charge is 0.223 e. The van der Waals surface area contributed by atoms with Crippen molar-refractivity contribution in [1.29, 1.82) is 0 Å². The molecule has 0 aromatic heterocycles. The summed E-state index contributed by atoms with van der Waals surface area (Å²) in [5.74, 6) is 2.45. The van der Waals surface area contributed by atoms with E-state index in [0.29, 0.717) is 17.2 Å². The summed E-state index contributed by atoms with van der Waals surface area (Å²) < 4.78 is 5.13. The number of carbonyl (C=O) groups excluding carboxylic acids is 1. The van der Waals surface area contributed by atoms with Gasteiger partial charge in [0.15, 0.2) is 0 Å². The molecule has 2 unspecified atom stereocenters. The molecule has 3 aliphatic rings. The van der Waals surface area contributed by atoms with Crippen molar-refractivity contribution in [3.8, 4) is 0 Å². The number of rotatable bonds is 6. The molecule has 0 aromatic rings. The first-order valence-corrected chi connectivity index (χ1v) is 6.99. The van der Waals surface area contributed by atoms with Crippen LogP contribution in [0.2, 0.25) is 0 Å². The summed E-state index contributed by atoms with van der Waals surface area (Å²) in [6, 6.07) is 0. The Hall–Kier alpha value is -0.570. The van der Waals surface area contributed by atoms with Gasteiger partial charge in [0.05, 0.1) is 0 Å². The normalized spacial score (nSPS) is 36.4. The molecule has 3 saturated carbocycles. The van der Waals surface area contributed by atoms with Gasteiger partial charge in [0.1, 0.15) is 0 Å². The van der Waals surface area contributed by atoms with Gasteiger partial charge in [-0.3, -0.25) is 4.79 Å². The van der Waals surface area contributed by atoms with Crippen LogP contribution in [0, 0.1) is 23.2 Å². The summed E-state index contributed by atoms with van der Waals surface area (Å²) in [6.45, 7) is 1.70. The monoisotopic (exact) mass is 237 g/mol. The third kappa shape index (κ3) is 2.49. The van der Waals surface area contributed by atoms with Crippen molar-refractivity contribution >= 4 is 5.91 Å². The van der Waals surface area contributed by atoms with Crippen molar-refractivity contribution < 1.29 is 9.53 Å². The number of methoxy groups -OCH3 is 1. The summed E-state index contributed by atoms with van der Waals surface area (Å²) in [5, 5.41) is 3.18. The molecule has 17 heavy (non-hydrogen) atoms. The second-order valence-corrected chi connectivity index (χ2v) is 6.38. The lowest BCUT2D eigenvalue weighted by Crippen LogP contribution is -2.35. The lowest BCUT2D eigenvalue weighted by molar-refractivity contribution is -0.125. The van der Waals surface area contributed by atoms with Gasteiger partial charge in [-0.1, -0.05) is 0 Å². The standard InChI is InChI=1S/C14H23NO2/c1-17-5-4-14(2-3-14)9-15-13(16)12-7-10-6-11(10)8-12/h10-12H,2-9H2,1H3,(H,15,16). The lowest BCUT2D eigenvalue weighted by Gasteiger charge is -2.18. The molecule has 0 aliphatic heterocycles. The van der Waals surface area contributed by atoms with E-state index in [-0.39, 0.29) is 0 Å². The number of hydrogen-bond acceptors (Lipinski definition) is 2. The highest BCUT2D eigenvalue weighted by atomic mass is 16.5. The highest BCUT2D eigenvalue weighted by Gasteiger charge is 2.48. The maximum absolute atomic E-state index is 12.0. The van der Waals surface area contributed by atoms with Crippen LogP contribution in [0.3, 0.4) is 0 Å². The molecule has 96 valence electrons. The predicted octanol–water partition coefficient (Wildman–Crippen LogP) is 1.97. The van der Waals surface area contributed by atoms with Crippen LogP contribution in [0.25, 0.3) is 0 Å². The molecule has 0 bridgehead atoms. The van der Waals surface area contributed by atoms with Crippen molar-refractivity contribution in [3.05, 3.63) is 0 Å². The SMILES string of the molecule is COCCC1(CNC(=O)C2CC3CC3C2)CC1. The second-order valence-electron chi connectivity index (χ2n) is 6.38. The van der Waals surface area contributed by atoms with Gasteiger partial charge in [-0.05, 0) is 55.8 Å². The minimum absolute atomic E-state index is 0.320. The zero-order chi connectivity index (χ0) is 11.9. The molecule has 3 aliphatic carbocycles. The Bertz CT molecular complexity index is 301. The van der Waals surface area contributed by atoms with Crippen LogP contribution in [0.5, 0.6) is 0 Å². The van der Waals surface area contributed by atoms with Crippen molar-refractivity contribution in [1.82, 2.24) is 5.32 Å². The van der Waals surface area contributed by atoms with Crippen molar-refractivity contribution in [2.75, 3.05) is 20.3 Å². The Morgan fingerprint density at radius 1 is 1.29 bits per heavy atom. The Balaban J connectivity index is 1.40. The molecule has 0 saturated heterocycles. The van der Waals surface area contributed by atoms with Gasteiger partial charge in [-0.15, -0.1) is 0 Å². The summed E-state index contributed by atoms with van der Waals surface area (Å²) in [5.41, 5.74) is 0.382. The number of fused-ring (bicyclic) bond motifs is 1. The van der Waals surface area contributed by atoms with Crippen molar-refractivity contribution in [3.63, 3.8) is 0 Å². The quantitative estimate of drug-likeness (QED) is 0.767. The summed E-state index contributed by atoms with van der Waals surface area (Å²) in [7, 11) is 1.75. The summed E-state index contributed by atoms with van der Waals surface area (Å²) in [4.78, 5) is 12.0. The fourth-order valence-corrected chi connectivity index (χ4v) is 3.36. The molecule has 0 spiro atoms. The van der Waals surface area contributed by atoms with Crippen LogP contribution in [-0.4, -0.2) is 26.2 Å². The average molecular weight is 237 g/mol. The van der Waals surface area contributed by atoms with E-state index in [1.54, 1.807) is 7.11 Å². The van der Waals surface area contributed by atoms with Gasteiger partial charge in [-0.2, -0.15) is 0 Å². The van der Waals surface area contributed by atoms with Crippen LogP contribution >= 0.6 is 0 Å². The van der Waals surface area contributed by atoms with Gasteiger partial charge in [0, 0.05) is 26.2 Å². The van der Waals surface area contributed by atoms with E-state index in [1.165, 1.54) is 19.3 Å². The first-order valence-electron chi connectivity index (χ1n) is 6.99. The number of hydrogen-bond donors (Lipinski definition) is 1. The molecule has 0 aromatic carbocycles. The Labute approximate surface area is 103 Å².